The molecule has 0 bridgehead atoms. The molecule has 2 aromatic heterocycles. The Morgan fingerprint density at radius 1 is 1.05 bits per heavy atom. The van der Waals surface area contributed by atoms with Crippen molar-refractivity contribution in [3.05, 3.63) is 54.5 Å². The largest absolute Gasteiger partial charge is 0.323 e. The number of pyridine rings is 2. The quantitative estimate of drug-likeness (QED) is 0.939. The molecule has 1 N–H and O–H groups in total. The summed E-state index contributed by atoms with van der Waals surface area (Å²) in [6, 6.07) is 9.45. The molecule has 2 amide bonds. The monoisotopic (exact) mass is 297 g/mol. The van der Waals surface area contributed by atoms with Crippen LogP contribution in [0.25, 0.3) is 0 Å². The van der Waals surface area contributed by atoms with Crippen LogP contribution in [0.1, 0.15) is 5.56 Å². The lowest BCUT2D eigenvalue weighted by molar-refractivity contribution is 0.143. The van der Waals surface area contributed by atoms with Gasteiger partial charge in [0.25, 0.3) is 0 Å². The third-order valence-corrected chi connectivity index (χ3v) is 3.71. The van der Waals surface area contributed by atoms with E-state index in [4.69, 9.17) is 0 Å². The number of nitrogens with zero attached hydrogens (tertiary/aromatic N) is 4. The van der Waals surface area contributed by atoms with Gasteiger partial charge in [-0.05, 0) is 29.8 Å². The first-order chi connectivity index (χ1) is 10.8. The van der Waals surface area contributed by atoms with Gasteiger partial charge in [-0.15, -0.1) is 0 Å². The maximum atomic E-state index is 12.2. The van der Waals surface area contributed by atoms with Crippen molar-refractivity contribution in [3.63, 3.8) is 0 Å². The fourth-order valence-corrected chi connectivity index (χ4v) is 2.48. The number of carbonyl (C=O) groups is 1. The number of piperazine rings is 1. The minimum atomic E-state index is -0.0812. The third kappa shape index (κ3) is 3.79. The van der Waals surface area contributed by atoms with Crippen LogP contribution in [-0.2, 0) is 6.54 Å². The van der Waals surface area contributed by atoms with Crippen molar-refractivity contribution in [2.24, 2.45) is 0 Å². The van der Waals surface area contributed by atoms with Crippen LogP contribution in [0.15, 0.2) is 48.9 Å². The highest BCUT2D eigenvalue weighted by atomic mass is 16.2. The van der Waals surface area contributed by atoms with Gasteiger partial charge >= 0.3 is 6.03 Å². The minimum Gasteiger partial charge on any atom is -0.322 e. The van der Waals surface area contributed by atoms with E-state index < -0.39 is 0 Å². The summed E-state index contributed by atoms with van der Waals surface area (Å²) in [7, 11) is 0. The Morgan fingerprint density at radius 3 is 2.50 bits per heavy atom. The van der Waals surface area contributed by atoms with Gasteiger partial charge in [-0.1, -0.05) is 6.07 Å². The highest BCUT2D eigenvalue weighted by Gasteiger charge is 2.21. The van der Waals surface area contributed by atoms with Gasteiger partial charge in [-0.3, -0.25) is 15.2 Å². The summed E-state index contributed by atoms with van der Waals surface area (Å²) in [6.45, 7) is 4.10. The average molecular weight is 297 g/mol. The second-order valence-electron chi connectivity index (χ2n) is 5.26. The van der Waals surface area contributed by atoms with Gasteiger partial charge in [0.1, 0.15) is 5.82 Å². The molecule has 1 aliphatic rings. The van der Waals surface area contributed by atoms with Crippen molar-refractivity contribution in [1.82, 2.24) is 19.8 Å². The second-order valence-corrected chi connectivity index (χ2v) is 5.26. The maximum Gasteiger partial charge on any atom is 0.323 e. The smallest absolute Gasteiger partial charge is 0.322 e. The molecule has 0 saturated carbocycles. The van der Waals surface area contributed by atoms with Crippen LogP contribution in [-0.4, -0.2) is 52.0 Å². The molecule has 1 fully saturated rings. The fourth-order valence-electron chi connectivity index (χ4n) is 2.48. The Labute approximate surface area is 129 Å². The Morgan fingerprint density at radius 2 is 1.82 bits per heavy atom. The molecule has 3 rings (SSSR count). The van der Waals surface area contributed by atoms with E-state index in [1.54, 1.807) is 12.3 Å². The van der Waals surface area contributed by atoms with Gasteiger partial charge in [0.2, 0.25) is 0 Å². The highest BCUT2D eigenvalue weighted by molar-refractivity contribution is 5.88. The van der Waals surface area contributed by atoms with E-state index >= 15 is 0 Å². The third-order valence-electron chi connectivity index (χ3n) is 3.71. The Bertz CT molecular complexity index is 596. The minimum absolute atomic E-state index is 0.0812. The summed E-state index contributed by atoms with van der Waals surface area (Å²) in [5.41, 5.74) is 1.25. The second kappa shape index (κ2) is 7.00. The summed E-state index contributed by atoms with van der Waals surface area (Å²) in [4.78, 5) is 24.5. The Kier molecular flexibility index (Phi) is 4.60. The molecule has 114 valence electrons. The summed E-state index contributed by atoms with van der Waals surface area (Å²) in [5, 5.41) is 2.83. The number of anilines is 1. The van der Waals surface area contributed by atoms with Crippen molar-refractivity contribution in [3.8, 4) is 0 Å². The molecule has 0 spiro atoms. The van der Waals surface area contributed by atoms with Crippen molar-refractivity contribution in [2.75, 3.05) is 31.5 Å². The highest BCUT2D eigenvalue weighted by Crippen LogP contribution is 2.09. The van der Waals surface area contributed by atoms with Crippen molar-refractivity contribution in [1.29, 1.82) is 0 Å². The molecule has 2 aromatic rings. The van der Waals surface area contributed by atoms with Crippen molar-refractivity contribution < 1.29 is 4.79 Å². The number of hydrogen-bond donors (Lipinski definition) is 1. The van der Waals surface area contributed by atoms with Gasteiger partial charge in [-0.25, -0.2) is 9.78 Å². The van der Waals surface area contributed by atoms with Gasteiger partial charge in [-0.2, -0.15) is 0 Å². The normalized spacial score (nSPS) is 15.5. The molecule has 1 saturated heterocycles. The molecule has 0 unspecified atom stereocenters. The summed E-state index contributed by atoms with van der Waals surface area (Å²) in [5.74, 6) is 0.590. The molecule has 1 aliphatic heterocycles. The van der Waals surface area contributed by atoms with Gasteiger partial charge < -0.3 is 4.90 Å². The van der Waals surface area contributed by atoms with Gasteiger partial charge in [0.15, 0.2) is 0 Å². The molecule has 0 aromatic carbocycles. The summed E-state index contributed by atoms with van der Waals surface area (Å²) >= 11 is 0. The zero-order valence-electron chi connectivity index (χ0n) is 12.4. The number of urea groups is 1. The molecule has 6 nitrogen and oxygen atoms in total. The number of hydrogen-bond acceptors (Lipinski definition) is 4. The van der Waals surface area contributed by atoms with Gasteiger partial charge in [0, 0.05) is 51.3 Å². The van der Waals surface area contributed by atoms with E-state index in [1.807, 2.05) is 41.6 Å². The standard InChI is InChI=1S/C16H19N5O/c22-16(19-15-3-1-2-6-18-15)21-11-9-20(10-12-21)13-14-4-7-17-8-5-14/h1-8H,9-13H2,(H,18,19,22). The topological polar surface area (TPSA) is 61.4 Å². The first-order valence-electron chi connectivity index (χ1n) is 7.39. The molecular formula is C16H19N5O. The lowest BCUT2D eigenvalue weighted by atomic mass is 10.2. The van der Waals surface area contributed by atoms with E-state index in [9.17, 15) is 4.79 Å². The zero-order chi connectivity index (χ0) is 15.2. The van der Waals surface area contributed by atoms with E-state index in [1.165, 1.54) is 5.56 Å². The summed E-state index contributed by atoms with van der Waals surface area (Å²) in [6.07, 6.45) is 5.29. The van der Waals surface area contributed by atoms with Crippen LogP contribution >= 0.6 is 0 Å². The number of carbonyl (C=O) groups excluding carboxylic acids is 1. The van der Waals surface area contributed by atoms with Crippen LogP contribution in [0.4, 0.5) is 10.6 Å². The van der Waals surface area contributed by atoms with Crippen molar-refractivity contribution >= 4 is 11.8 Å². The lowest BCUT2D eigenvalue weighted by Crippen LogP contribution is -2.49. The number of nitrogens with one attached hydrogen (secondary N) is 1. The number of aromatic nitrogens is 2. The molecule has 6 heteroatoms. The van der Waals surface area contributed by atoms with Crippen LogP contribution in [0, 0.1) is 0 Å². The van der Waals surface area contributed by atoms with Crippen LogP contribution < -0.4 is 5.32 Å². The summed E-state index contributed by atoms with van der Waals surface area (Å²) < 4.78 is 0. The molecule has 0 atom stereocenters. The average Bonchev–Trinajstić information content (AvgIpc) is 2.57. The molecule has 22 heavy (non-hydrogen) atoms. The van der Waals surface area contributed by atoms with Crippen LogP contribution in [0.3, 0.4) is 0 Å². The Hall–Kier alpha value is -2.47. The Balaban J connectivity index is 1.48. The van der Waals surface area contributed by atoms with Crippen LogP contribution in [0.2, 0.25) is 0 Å². The molecule has 0 radical (unpaired) electrons. The molecule has 0 aliphatic carbocycles. The molecular weight excluding hydrogens is 278 g/mol. The SMILES string of the molecule is O=C(Nc1ccccn1)N1CCN(Cc2ccncc2)CC1. The van der Waals surface area contributed by atoms with Gasteiger partial charge in [0.05, 0.1) is 0 Å². The van der Waals surface area contributed by atoms with Crippen LogP contribution in [0.5, 0.6) is 0 Å². The predicted octanol–water partition coefficient (Wildman–Crippen LogP) is 1.83. The first kappa shape index (κ1) is 14.5. The fraction of sp³-hybridized carbons (Fsp3) is 0.312. The van der Waals surface area contributed by atoms with Crippen molar-refractivity contribution in [2.45, 2.75) is 6.54 Å². The van der Waals surface area contributed by atoms with E-state index in [0.717, 1.165) is 32.7 Å². The number of amides is 2. The predicted molar refractivity (Wildman–Crippen MR) is 84.3 cm³/mol. The first-order valence-corrected chi connectivity index (χ1v) is 7.39. The maximum absolute atomic E-state index is 12.2. The molecule has 3 heterocycles. The van der Waals surface area contributed by atoms with E-state index in [-0.39, 0.29) is 6.03 Å². The number of rotatable bonds is 3. The lowest BCUT2D eigenvalue weighted by Gasteiger charge is -2.34. The zero-order valence-corrected chi connectivity index (χ0v) is 12.4. The van der Waals surface area contributed by atoms with E-state index in [2.05, 4.69) is 20.2 Å². The van der Waals surface area contributed by atoms with E-state index in [0.29, 0.717) is 5.82 Å².